The Labute approximate surface area is 92.5 Å². The number of aliphatic imine (C=N–C) groups is 1. The Balaban J connectivity index is 2.44. The number of carboxylic acid groups (broad SMARTS) is 1. The summed E-state index contributed by atoms with van der Waals surface area (Å²) in [6.45, 7) is 3.69. The monoisotopic (exact) mass is 221 g/mol. The fourth-order valence-electron chi connectivity index (χ4n) is 0.852. The van der Waals surface area contributed by atoms with Gasteiger partial charge in [0.05, 0.1) is 11.4 Å². The maximum Gasteiger partial charge on any atom is 0.313 e. The van der Waals surface area contributed by atoms with Gasteiger partial charge in [-0.15, -0.1) is 11.8 Å². The molecule has 1 aromatic rings. The van der Waals surface area contributed by atoms with Crippen molar-refractivity contribution in [2.24, 2.45) is 4.99 Å². The lowest BCUT2D eigenvalue weighted by atomic mass is 10.3. The summed E-state index contributed by atoms with van der Waals surface area (Å²) in [5.41, 5.74) is 0.828. The topological polar surface area (TPSA) is 49.7 Å². The molecular formula is C11H11NO2S. The number of hydrogen-bond donors (Lipinski definition) is 1. The molecule has 0 aliphatic carbocycles. The number of allylic oxidation sites excluding steroid dienone is 1. The van der Waals surface area contributed by atoms with E-state index < -0.39 is 5.97 Å². The molecule has 0 unspecified atom stereocenters. The third kappa shape index (κ3) is 5.02. The number of benzene rings is 1. The smallest absolute Gasteiger partial charge is 0.313 e. The second kappa shape index (κ2) is 6.03. The van der Waals surface area contributed by atoms with Crippen LogP contribution in [0.1, 0.15) is 0 Å². The molecule has 0 saturated heterocycles. The molecule has 1 N–H and O–H groups in total. The van der Waals surface area contributed by atoms with Gasteiger partial charge in [0.2, 0.25) is 0 Å². The number of carboxylic acids is 1. The number of aliphatic carboxylic acids is 1. The zero-order valence-corrected chi connectivity index (χ0v) is 8.91. The van der Waals surface area contributed by atoms with E-state index in [2.05, 4.69) is 11.6 Å². The molecule has 1 rings (SSSR count). The first-order valence-corrected chi connectivity index (χ1v) is 5.29. The van der Waals surface area contributed by atoms with Crippen molar-refractivity contribution < 1.29 is 9.90 Å². The number of carbonyl (C=O) groups is 1. The van der Waals surface area contributed by atoms with Crippen LogP contribution in [0.3, 0.4) is 0 Å². The van der Waals surface area contributed by atoms with Crippen molar-refractivity contribution in [1.82, 2.24) is 0 Å². The molecule has 0 amide bonds. The lowest BCUT2D eigenvalue weighted by molar-refractivity contribution is -0.133. The van der Waals surface area contributed by atoms with Crippen LogP contribution in [0, 0.1) is 0 Å². The van der Waals surface area contributed by atoms with E-state index in [1.165, 1.54) is 0 Å². The quantitative estimate of drug-likeness (QED) is 0.778. The lowest BCUT2D eigenvalue weighted by Gasteiger charge is -1.95. The average molecular weight is 221 g/mol. The van der Waals surface area contributed by atoms with Crippen molar-refractivity contribution >= 4 is 29.6 Å². The summed E-state index contributed by atoms with van der Waals surface area (Å²) in [7, 11) is 0. The highest BCUT2D eigenvalue weighted by atomic mass is 32.2. The minimum Gasteiger partial charge on any atom is -0.481 e. The Morgan fingerprint density at radius 1 is 1.47 bits per heavy atom. The lowest BCUT2D eigenvalue weighted by Crippen LogP contribution is -1.97. The van der Waals surface area contributed by atoms with Gasteiger partial charge in [0.15, 0.2) is 0 Å². The molecule has 4 heteroatoms. The van der Waals surface area contributed by atoms with Gasteiger partial charge >= 0.3 is 5.97 Å². The molecule has 0 bridgehead atoms. The predicted molar refractivity (Wildman–Crippen MR) is 63.8 cm³/mol. The fourth-order valence-corrected chi connectivity index (χ4v) is 1.29. The standard InChI is InChI=1S/C11H11NO2S/c1-9(15-8-11(13)14)7-12-10-5-3-2-4-6-10/h2-7H,1,8H2,(H,13,14)/b12-7+. The number of hydrogen-bond acceptors (Lipinski definition) is 3. The first-order chi connectivity index (χ1) is 7.18. The Morgan fingerprint density at radius 3 is 2.73 bits per heavy atom. The molecule has 0 aliphatic heterocycles. The highest BCUT2D eigenvalue weighted by Gasteiger charge is 1.97. The van der Waals surface area contributed by atoms with Crippen molar-refractivity contribution in [3.63, 3.8) is 0 Å². The Kier molecular flexibility index (Phi) is 4.63. The molecular weight excluding hydrogens is 210 g/mol. The molecule has 0 aliphatic rings. The van der Waals surface area contributed by atoms with Gasteiger partial charge in [0.25, 0.3) is 0 Å². The summed E-state index contributed by atoms with van der Waals surface area (Å²) in [6.07, 6.45) is 1.57. The van der Waals surface area contributed by atoms with Gasteiger partial charge in [-0.25, -0.2) is 0 Å². The van der Waals surface area contributed by atoms with Gasteiger partial charge < -0.3 is 5.11 Å². The van der Waals surface area contributed by atoms with Crippen LogP contribution in [-0.2, 0) is 4.79 Å². The molecule has 0 aromatic heterocycles. The Hall–Kier alpha value is -1.55. The van der Waals surface area contributed by atoms with E-state index in [-0.39, 0.29) is 5.75 Å². The summed E-state index contributed by atoms with van der Waals surface area (Å²) < 4.78 is 0. The van der Waals surface area contributed by atoms with E-state index in [0.717, 1.165) is 17.4 Å². The third-order valence-electron chi connectivity index (χ3n) is 1.49. The normalized spacial score (nSPS) is 10.4. The Morgan fingerprint density at radius 2 is 2.13 bits per heavy atom. The summed E-state index contributed by atoms with van der Waals surface area (Å²) in [5, 5.41) is 8.44. The Bertz CT molecular complexity index is 373. The first kappa shape index (κ1) is 11.5. The zero-order chi connectivity index (χ0) is 11.1. The summed E-state index contributed by atoms with van der Waals surface area (Å²) >= 11 is 1.16. The number of para-hydroxylation sites is 1. The van der Waals surface area contributed by atoms with E-state index >= 15 is 0 Å². The van der Waals surface area contributed by atoms with Crippen molar-refractivity contribution in [3.8, 4) is 0 Å². The number of thioether (sulfide) groups is 1. The summed E-state index contributed by atoms with van der Waals surface area (Å²) in [5.74, 6) is -0.839. The van der Waals surface area contributed by atoms with Gasteiger partial charge in [0.1, 0.15) is 0 Å². The fraction of sp³-hybridized carbons (Fsp3) is 0.0909. The van der Waals surface area contributed by atoms with E-state index in [0.29, 0.717) is 4.91 Å². The predicted octanol–water partition coefficient (Wildman–Crippen LogP) is 2.72. The van der Waals surface area contributed by atoms with Crippen LogP contribution in [0.15, 0.2) is 46.8 Å². The highest BCUT2D eigenvalue weighted by molar-refractivity contribution is 8.04. The largest absolute Gasteiger partial charge is 0.481 e. The van der Waals surface area contributed by atoms with E-state index in [9.17, 15) is 4.79 Å². The second-order valence-electron chi connectivity index (χ2n) is 2.74. The van der Waals surface area contributed by atoms with Gasteiger partial charge in [-0.2, -0.15) is 0 Å². The molecule has 0 atom stereocenters. The maximum absolute atomic E-state index is 10.3. The highest BCUT2D eigenvalue weighted by Crippen LogP contribution is 2.14. The second-order valence-corrected chi connectivity index (χ2v) is 3.84. The minimum absolute atomic E-state index is 0.0135. The van der Waals surface area contributed by atoms with Crippen LogP contribution in [0.5, 0.6) is 0 Å². The van der Waals surface area contributed by atoms with Gasteiger partial charge in [-0.1, -0.05) is 24.8 Å². The van der Waals surface area contributed by atoms with Gasteiger partial charge in [-0.3, -0.25) is 9.79 Å². The molecule has 0 fully saturated rings. The van der Waals surface area contributed by atoms with Gasteiger partial charge in [-0.05, 0) is 12.1 Å². The van der Waals surface area contributed by atoms with E-state index in [1.54, 1.807) is 6.21 Å². The number of rotatable bonds is 5. The van der Waals surface area contributed by atoms with Crippen molar-refractivity contribution in [3.05, 3.63) is 41.8 Å². The maximum atomic E-state index is 10.3. The van der Waals surface area contributed by atoms with Crippen LogP contribution in [-0.4, -0.2) is 23.0 Å². The number of nitrogens with zero attached hydrogens (tertiary/aromatic N) is 1. The first-order valence-electron chi connectivity index (χ1n) is 4.31. The molecule has 78 valence electrons. The molecule has 3 nitrogen and oxygen atoms in total. The molecule has 0 radical (unpaired) electrons. The average Bonchev–Trinajstić information content (AvgIpc) is 2.25. The van der Waals surface area contributed by atoms with Crippen LogP contribution < -0.4 is 0 Å². The minimum atomic E-state index is -0.853. The third-order valence-corrected chi connectivity index (χ3v) is 2.36. The molecule has 15 heavy (non-hydrogen) atoms. The molecule has 0 saturated carbocycles. The summed E-state index contributed by atoms with van der Waals surface area (Å²) in [6, 6.07) is 9.42. The van der Waals surface area contributed by atoms with Crippen molar-refractivity contribution in [1.29, 1.82) is 0 Å². The summed E-state index contributed by atoms with van der Waals surface area (Å²) in [4.78, 5) is 15.1. The van der Waals surface area contributed by atoms with E-state index in [1.807, 2.05) is 30.3 Å². The van der Waals surface area contributed by atoms with E-state index in [4.69, 9.17) is 5.11 Å². The van der Waals surface area contributed by atoms with Gasteiger partial charge in [0, 0.05) is 11.1 Å². The van der Waals surface area contributed by atoms with Crippen molar-refractivity contribution in [2.75, 3.05) is 5.75 Å². The molecule has 1 aromatic carbocycles. The van der Waals surface area contributed by atoms with Crippen molar-refractivity contribution in [2.45, 2.75) is 0 Å². The van der Waals surface area contributed by atoms with Crippen LogP contribution >= 0.6 is 11.8 Å². The molecule has 0 heterocycles. The zero-order valence-electron chi connectivity index (χ0n) is 8.09. The van der Waals surface area contributed by atoms with Crippen LogP contribution in [0.4, 0.5) is 5.69 Å². The van der Waals surface area contributed by atoms with Crippen LogP contribution in [0.25, 0.3) is 0 Å². The van der Waals surface area contributed by atoms with Crippen LogP contribution in [0.2, 0.25) is 0 Å². The SMILES string of the molecule is C=C(/C=N/c1ccccc1)SCC(=O)O. The molecule has 0 spiro atoms.